The van der Waals surface area contributed by atoms with Crippen LogP contribution in [0.4, 0.5) is 0 Å². The quantitative estimate of drug-likeness (QED) is 0.851. The maximum Gasteiger partial charge on any atom is 0.124 e. The van der Waals surface area contributed by atoms with Gasteiger partial charge >= 0.3 is 0 Å². The van der Waals surface area contributed by atoms with Crippen molar-refractivity contribution in [2.45, 2.75) is 58.4 Å². The van der Waals surface area contributed by atoms with Crippen LogP contribution in [0.5, 0.6) is 5.75 Å². The molecule has 0 aliphatic heterocycles. The third-order valence-corrected chi connectivity index (χ3v) is 4.73. The van der Waals surface area contributed by atoms with Crippen LogP contribution in [-0.2, 0) is 0 Å². The Morgan fingerprint density at radius 2 is 1.75 bits per heavy atom. The fourth-order valence-electron chi connectivity index (χ4n) is 3.68. The van der Waals surface area contributed by atoms with E-state index >= 15 is 0 Å². The van der Waals surface area contributed by atoms with Crippen molar-refractivity contribution in [3.05, 3.63) is 28.8 Å². The van der Waals surface area contributed by atoms with Gasteiger partial charge in [0.25, 0.3) is 0 Å². The Kier molecular flexibility index (Phi) is 5.47. The van der Waals surface area contributed by atoms with Crippen molar-refractivity contribution in [2.24, 2.45) is 5.92 Å². The number of methoxy groups -OCH3 is 1. The van der Waals surface area contributed by atoms with Crippen LogP contribution < -0.4 is 10.1 Å². The second-order valence-corrected chi connectivity index (χ2v) is 6.27. The first-order valence-corrected chi connectivity index (χ1v) is 7.98. The van der Waals surface area contributed by atoms with Gasteiger partial charge < -0.3 is 10.1 Å². The summed E-state index contributed by atoms with van der Waals surface area (Å²) in [6.07, 6.45) is 8.35. The van der Waals surface area contributed by atoms with Crippen molar-refractivity contribution in [3.8, 4) is 5.75 Å². The highest BCUT2D eigenvalue weighted by molar-refractivity contribution is 5.44. The maximum atomic E-state index is 5.47. The highest BCUT2D eigenvalue weighted by Gasteiger charge is 2.20. The first kappa shape index (κ1) is 15.4. The minimum Gasteiger partial charge on any atom is -0.496 e. The van der Waals surface area contributed by atoms with Crippen LogP contribution in [0.15, 0.2) is 12.1 Å². The number of nitrogens with one attached hydrogen (secondary N) is 1. The molecule has 1 N–H and O–H groups in total. The SMILES string of the molecule is CNC(CC1CCCCC1)c1cc(C)c(OC)c(C)c1. The van der Waals surface area contributed by atoms with Crippen LogP contribution in [0.1, 0.15) is 61.3 Å². The van der Waals surface area contributed by atoms with E-state index in [-0.39, 0.29) is 0 Å². The monoisotopic (exact) mass is 275 g/mol. The molecule has 2 heteroatoms. The molecule has 1 atom stereocenters. The van der Waals surface area contributed by atoms with Gasteiger partial charge in [0.15, 0.2) is 0 Å². The third-order valence-electron chi connectivity index (χ3n) is 4.73. The standard InChI is InChI=1S/C18H29NO/c1-13-10-16(11-14(2)18(13)20-4)17(19-3)12-15-8-6-5-7-9-15/h10-11,15,17,19H,5-9,12H2,1-4H3. The molecule has 0 spiro atoms. The summed E-state index contributed by atoms with van der Waals surface area (Å²) in [5.41, 5.74) is 3.90. The van der Waals surface area contributed by atoms with Gasteiger partial charge in [-0.15, -0.1) is 0 Å². The Morgan fingerprint density at radius 1 is 1.15 bits per heavy atom. The van der Waals surface area contributed by atoms with E-state index in [1.165, 1.54) is 55.2 Å². The van der Waals surface area contributed by atoms with Gasteiger partial charge in [0.1, 0.15) is 5.75 Å². The molecule has 1 aliphatic rings. The van der Waals surface area contributed by atoms with Crippen LogP contribution in [0.2, 0.25) is 0 Å². The zero-order valence-electron chi connectivity index (χ0n) is 13.5. The fourth-order valence-corrected chi connectivity index (χ4v) is 3.68. The van der Waals surface area contributed by atoms with Gasteiger partial charge in [-0.25, -0.2) is 0 Å². The molecule has 20 heavy (non-hydrogen) atoms. The van der Waals surface area contributed by atoms with Crippen LogP contribution in [0, 0.1) is 19.8 Å². The average molecular weight is 275 g/mol. The Labute approximate surface area is 123 Å². The lowest BCUT2D eigenvalue weighted by Gasteiger charge is -2.27. The van der Waals surface area contributed by atoms with E-state index < -0.39 is 0 Å². The van der Waals surface area contributed by atoms with Crippen LogP contribution in [0.25, 0.3) is 0 Å². The van der Waals surface area contributed by atoms with E-state index in [0.717, 1.165) is 11.7 Å². The van der Waals surface area contributed by atoms with Gasteiger partial charge in [-0.3, -0.25) is 0 Å². The minimum absolute atomic E-state index is 0.474. The molecule has 1 saturated carbocycles. The first-order valence-electron chi connectivity index (χ1n) is 7.98. The summed E-state index contributed by atoms with van der Waals surface area (Å²) in [5, 5.41) is 3.52. The topological polar surface area (TPSA) is 21.3 Å². The van der Waals surface area contributed by atoms with Crippen molar-refractivity contribution < 1.29 is 4.74 Å². The van der Waals surface area contributed by atoms with Crippen molar-refractivity contribution in [2.75, 3.05) is 14.2 Å². The summed E-state index contributed by atoms with van der Waals surface area (Å²) in [6.45, 7) is 4.28. The summed E-state index contributed by atoms with van der Waals surface area (Å²) in [7, 11) is 3.84. The zero-order chi connectivity index (χ0) is 14.5. The number of hydrogen-bond donors (Lipinski definition) is 1. The molecule has 1 aromatic rings. The molecule has 1 unspecified atom stereocenters. The summed E-state index contributed by atoms with van der Waals surface area (Å²) in [4.78, 5) is 0. The summed E-state index contributed by atoms with van der Waals surface area (Å²) in [6, 6.07) is 5.05. The molecule has 1 aromatic carbocycles. The number of ether oxygens (including phenoxy) is 1. The lowest BCUT2D eigenvalue weighted by molar-refractivity contribution is 0.305. The summed E-state index contributed by atoms with van der Waals surface area (Å²) in [5.74, 6) is 1.92. The van der Waals surface area contributed by atoms with E-state index in [1.807, 2.05) is 0 Å². The normalized spacial score (nSPS) is 18.0. The molecule has 2 nitrogen and oxygen atoms in total. The van der Waals surface area contributed by atoms with E-state index in [4.69, 9.17) is 4.74 Å². The molecular formula is C18H29NO. The summed E-state index contributed by atoms with van der Waals surface area (Å²) < 4.78 is 5.47. The van der Waals surface area contributed by atoms with Crippen LogP contribution >= 0.6 is 0 Å². The van der Waals surface area contributed by atoms with E-state index in [9.17, 15) is 0 Å². The average Bonchev–Trinajstić information content (AvgIpc) is 2.45. The highest BCUT2D eigenvalue weighted by Crippen LogP contribution is 2.34. The Balaban J connectivity index is 2.14. The van der Waals surface area contributed by atoms with Crippen molar-refractivity contribution in [1.82, 2.24) is 5.32 Å². The van der Waals surface area contributed by atoms with Gasteiger partial charge in [-0.05, 0) is 49.9 Å². The third kappa shape index (κ3) is 3.54. The molecule has 1 aliphatic carbocycles. The predicted molar refractivity (Wildman–Crippen MR) is 85.5 cm³/mol. The van der Waals surface area contributed by atoms with Crippen molar-refractivity contribution >= 4 is 0 Å². The molecule has 0 heterocycles. The van der Waals surface area contributed by atoms with E-state index in [2.05, 4.69) is 38.3 Å². The van der Waals surface area contributed by atoms with E-state index in [0.29, 0.717) is 6.04 Å². The smallest absolute Gasteiger partial charge is 0.124 e. The second-order valence-electron chi connectivity index (χ2n) is 6.27. The first-order chi connectivity index (χ1) is 9.65. The number of benzene rings is 1. The van der Waals surface area contributed by atoms with Crippen molar-refractivity contribution in [1.29, 1.82) is 0 Å². The Morgan fingerprint density at radius 3 is 2.25 bits per heavy atom. The Hall–Kier alpha value is -1.02. The molecule has 112 valence electrons. The lowest BCUT2D eigenvalue weighted by Crippen LogP contribution is -2.21. The van der Waals surface area contributed by atoms with Gasteiger partial charge in [0, 0.05) is 6.04 Å². The molecule has 0 aromatic heterocycles. The zero-order valence-corrected chi connectivity index (χ0v) is 13.5. The molecular weight excluding hydrogens is 246 g/mol. The van der Waals surface area contributed by atoms with E-state index in [1.54, 1.807) is 7.11 Å². The summed E-state index contributed by atoms with van der Waals surface area (Å²) >= 11 is 0. The van der Waals surface area contributed by atoms with Gasteiger partial charge in [-0.1, -0.05) is 44.2 Å². The van der Waals surface area contributed by atoms with Crippen molar-refractivity contribution in [3.63, 3.8) is 0 Å². The second kappa shape index (κ2) is 7.12. The molecule has 0 bridgehead atoms. The van der Waals surface area contributed by atoms with Gasteiger partial charge in [0.05, 0.1) is 7.11 Å². The van der Waals surface area contributed by atoms with Crippen LogP contribution in [-0.4, -0.2) is 14.2 Å². The molecule has 1 fully saturated rings. The van der Waals surface area contributed by atoms with Gasteiger partial charge in [0.2, 0.25) is 0 Å². The number of aryl methyl sites for hydroxylation is 2. The molecule has 0 saturated heterocycles. The number of hydrogen-bond acceptors (Lipinski definition) is 2. The molecule has 2 rings (SSSR count). The highest BCUT2D eigenvalue weighted by atomic mass is 16.5. The lowest BCUT2D eigenvalue weighted by atomic mass is 9.83. The molecule has 0 amide bonds. The molecule has 0 radical (unpaired) electrons. The fraction of sp³-hybridized carbons (Fsp3) is 0.667. The number of rotatable bonds is 5. The van der Waals surface area contributed by atoms with Crippen LogP contribution in [0.3, 0.4) is 0 Å². The predicted octanol–water partition coefficient (Wildman–Crippen LogP) is 4.54. The van der Waals surface area contributed by atoms with Gasteiger partial charge in [-0.2, -0.15) is 0 Å². The Bertz CT molecular complexity index is 412. The largest absolute Gasteiger partial charge is 0.496 e. The maximum absolute atomic E-state index is 5.47. The minimum atomic E-state index is 0.474.